The highest BCUT2D eigenvalue weighted by atomic mass is 16.5. The summed E-state index contributed by atoms with van der Waals surface area (Å²) in [6, 6.07) is 5.66. The van der Waals surface area contributed by atoms with Crippen molar-refractivity contribution in [2.24, 2.45) is 0 Å². The van der Waals surface area contributed by atoms with Crippen molar-refractivity contribution < 1.29 is 14.6 Å². The summed E-state index contributed by atoms with van der Waals surface area (Å²) in [6.45, 7) is 0.494. The summed E-state index contributed by atoms with van der Waals surface area (Å²) in [7, 11) is 3.45. The standard InChI is InChI=1S/C15H23NO3/c1-16-10-13(17)12-8-5-9-14(18-2)15(12)19-11-6-3-4-7-11/h5,8-9,11,13,16-17H,3-4,6-7,10H2,1-2H3. The lowest BCUT2D eigenvalue weighted by Gasteiger charge is -2.21. The van der Waals surface area contributed by atoms with Gasteiger partial charge in [-0.25, -0.2) is 0 Å². The first-order valence-corrected chi connectivity index (χ1v) is 6.92. The Labute approximate surface area is 114 Å². The van der Waals surface area contributed by atoms with Gasteiger partial charge in [-0.3, -0.25) is 0 Å². The Morgan fingerprint density at radius 2 is 2.11 bits per heavy atom. The third kappa shape index (κ3) is 3.39. The van der Waals surface area contributed by atoms with Gasteiger partial charge in [-0.2, -0.15) is 0 Å². The molecule has 1 aromatic carbocycles. The predicted molar refractivity (Wildman–Crippen MR) is 74.8 cm³/mol. The van der Waals surface area contributed by atoms with E-state index in [-0.39, 0.29) is 6.10 Å². The van der Waals surface area contributed by atoms with E-state index in [4.69, 9.17) is 9.47 Å². The van der Waals surface area contributed by atoms with Gasteiger partial charge in [-0.05, 0) is 38.8 Å². The van der Waals surface area contributed by atoms with Crippen molar-refractivity contribution in [2.45, 2.75) is 37.9 Å². The van der Waals surface area contributed by atoms with Crippen LogP contribution in [0.2, 0.25) is 0 Å². The molecule has 1 saturated carbocycles. The van der Waals surface area contributed by atoms with Crippen LogP contribution < -0.4 is 14.8 Å². The van der Waals surface area contributed by atoms with Crippen LogP contribution in [0.3, 0.4) is 0 Å². The molecule has 0 radical (unpaired) electrons. The quantitative estimate of drug-likeness (QED) is 0.828. The first-order chi connectivity index (χ1) is 9.26. The number of ether oxygens (including phenoxy) is 2. The number of aliphatic hydroxyl groups excluding tert-OH is 1. The summed E-state index contributed by atoms with van der Waals surface area (Å²) in [5, 5.41) is 13.2. The Bertz CT molecular complexity index is 402. The fraction of sp³-hybridized carbons (Fsp3) is 0.600. The molecule has 1 aliphatic carbocycles. The predicted octanol–water partition coefficient (Wildman–Crippen LogP) is 2.27. The molecule has 0 spiro atoms. The maximum absolute atomic E-state index is 10.2. The number of nitrogens with one attached hydrogen (secondary N) is 1. The number of likely N-dealkylation sites (N-methyl/N-ethyl adjacent to an activating group) is 1. The lowest BCUT2D eigenvalue weighted by molar-refractivity contribution is 0.156. The van der Waals surface area contributed by atoms with E-state index in [1.165, 1.54) is 12.8 Å². The molecule has 0 heterocycles. The molecule has 1 aliphatic rings. The minimum atomic E-state index is -0.587. The Balaban J connectivity index is 2.25. The molecule has 2 N–H and O–H groups in total. The van der Waals surface area contributed by atoms with Gasteiger partial charge in [0.15, 0.2) is 11.5 Å². The highest BCUT2D eigenvalue weighted by Gasteiger charge is 2.22. The van der Waals surface area contributed by atoms with Crippen molar-refractivity contribution in [2.75, 3.05) is 20.7 Å². The fourth-order valence-corrected chi connectivity index (χ4v) is 2.56. The van der Waals surface area contributed by atoms with Crippen molar-refractivity contribution in [1.82, 2.24) is 5.32 Å². The molecule has 0 aromatic heterocycles. The van der Waals surface area contributed by atoms with Crippen molar-refractivity contribution in [3.8, 4) is 11.5 Å². The minimum Gasteiger partial charge on any atom is -0.493 e. The first-order valence-electron chi connectivity index (χ1n) is 6.92. The van der Waals surface area contributed by atoms with Gasteiger partial charge < -0.3 is 19.9 Å². The van der Waals surface area contributed by atoms with E-state index in [0.29, 0.717) is 18.0 Å². The molecule has 0 aliphatic heterocycles. The molecule has 4 nitrogen and oxygen atoms in total. The molecule has 2 rings (SSSR count). The number of hydrogen-bond acceptors (Lipinski definition) is 4. The third-order valence-electron chi connectivity index (χ3n) is 3.57. The van der Waals surface area contributed by atoms with E-state index in [1.807, 2.05) is 25.2 Å². The monoisotopic (exact) mass is 265 g/mol. The Morgan fingerprint density at radius 3 is 2.74 bits per heavy atom. The van der Waals surface area contributed by atoms with Crippen molar-refractivity contribution >= 4 is 0 Å². The molecule has 1 fully saturated rings. The highest BCUT2D eigenvalue weighted by Crippen LogP contribution is 2.37. The summed E-state index contributed by atoms with van der Waals surface area (Å²) < 4.78 is 11.5. The van der Waals surface area contributed by atoms with Crippen LogP contribution in [0.5, 0.6) is 11.5 Å². The normalized spacial score (nSPS) is 17.4. The second-order valence-electron chi connectivity index (χ2n) is 4.98. The van der Waals surface area contributed by atoms with E-state index in [0.717, 1.165) is 18.4 Å². The highest BCUT2D eigenvalue weighted by molar-refractivity contribution is 5.48. The van der Waals surface area contributed by atoms with Crippen LogP contribution in [-0.2, 0) is 0 Å². The summed E-state index contributed by atoms with van der Waals surface area (Å²) in [5.41, 5.74) is 0.792. The number of para-hydroxylation sites is 1. The number of hydrogen-bond donors (Lipinski definition) is 2. The number of rotatable bonds is 6. The molecule has 1 unspecified atom stereocenters. The lowest BCUT2D eigenvalue weighted by Crippen LogP contribution is -2.19. The van der Waals surface area contributed by atoms with Gasteiger partial charge in [0.2, 0.25) is 0 Å². The molecular weight excluding hydrogens is 242 g/mol. The zero-order valence-electron chi connectivity index (χ0n) is 11.7. The second-order valence-corrected chi connectivity index (χ2v) is 4.98. The number of benzene rings is 1. The Morgan fingerprint density at radius 1 is 1.37 bits per heavy atom. The SMILES string of the molecule is CNCC(O)c1cccc(OC)c1OC1CCCC1. The van der Waals surface area contributed by atoms with Crippen LogP contribution in [0.1, 0.15) is 37.4 Å². The maximum Gasteiger partial charge on any atom is 0.167 e. The largest absolute Gasteiger partial charge is 0.493 e. The molecule has 1 atom stereocenters. The van der Waals surface area contributed by atoms with E-state index >= 15 is 0 Å². The van der Waals surface area contributed by atoms with Crippen LogP contribution in [0.4, 0.5) is 0 Å². The molecule has 0 amide bonds. The smallest absolute Gasteiger partial charge is 0.167 e. The topological polar surface area (TPSA) is 50.7 Å². The molecule has 1 aromatic rings. The van der Waals surface area contributed by atoms with Gasteiger partial charge in [0, 0.05) is 12.1 Å². The van der Waals surface area contributed by atoms with Crippen molar-refractivity contribution in [1.29, 1.82) is 0 Å². The zero-order valence-corrected chi connectivity index (χ0v) is 11.7. The van der Waals surface area contributed by atoms with E-state index in [1.54, 1.807) is 7.11 Å². The number of methoxy groups -OCH3 is 1. The zero-order chi connectivity index (χ0) is 13.7. The molecule has 4 heteroatoms. The van der Waals surface area contributed by atoms with Gasteiger partial charge in [0.05, 0.1) is 19.3 Å². The van der Waals surface area contributed by atoms with Crippen LogP contribution in [0, 0.1) is 0 Å². The van der Waals surface area contributed by atoms with Crippen LogP contribution in [-0.4, -0.2) is 31.9 Å². The van der Waals surface area contributed by atoms with E-state index in [9.17, 15) is 5.11 Å². The van der Waals surface area contributed by atoms with Gasteiger partial charge in [-0.15, -0.1) is 0 Å². The molecule has 106 valence electrons. The average molecular weight is 265 g/mol. The van der Waals surface area contributed by atoms with Crippen LogP contribution >= 0.6 is 0 Å². The van der Waals surface area contributed by atoms with Crippen molar-refractivity contribution in [3.05, 3.63) is 23.8 Å². The van der Waals surface area contributed by atoms with E-state index < -0.39 is 6.10 Å². The number of aliphatic hydroxyl groups is 1. The second kappa shape index (κ2) is 6.78. The summed E-state index contributed by atoms with van der Waals surface area (Å²) >= 11 is 0. The average Bonchev–Trinajstić information content (AvgIpc) is 2.92. The van der Waals surface area contributed by atoms with Gasteiger partial charge in [-0.1, -0.05) is 12.1 Å². The Hall–Kier alpha value is -1.26. The molecule has 19 heavy (non-hydrogen) atoms. The van der Waals surface area contributed by atoms with Gasteiger partial charge in [0.1, 0.15) is 0 Å². The van der Waals surface area contributed by atoms with E-state index in [2.05, 4.69) is 5.32 Å². The molecule has 0 bridgehead atoms. The molecular formula is C15H23NO3. The first kappa shape index (κ1) is 14.2. The fourth-order valence-electron chi connectivity index (χ4n) is 2.56. The Kier molecular flexibility index (Phi) is 5.05. The maximum atomic E-state index is 10.2. The minimum absolute atomic E-state index is 0.247. The summed E-state index contributed by atoms with van der Waals surface area (Å²) in [4.78, 5) is 0. The summed E-state index contributed by atoms with van der Waals surface area (Å²) in [5.74, 6) is 1.39. The van der Waals surface area contributed by atoms with Gasteiger partial charge >= 0.3 is 0 Å². The van der Waals surface area contributed by atoms with Crippen molar-refractivity contribution in [3.63, 3.8) is 0 Å². The van der Waals surface area contributed by atoms with Crippen LogP contribution in [0.15, 0.2) is 18.2 Å². The molecule has 0 saturated heterocycles. The summed E-state index contributed by atoms with van der Waals surface area (Å²) in [6.07, 6.45) is 4.26. The third-order valence-corrected chi connectivity index (χ3v) is 3.57. The lowest BCUT2D eigenvalue weighted by atomic mass is 10.1. The van der Waals surface area contributed by atoms with Crippen LogP contribution in [0.25, 0.3) is 0 Å². The van der Waals surface area contributed by atoms with Gasteiger partial charge in [0.25, 0.3) is 0 Å².